The van der Waals surface area contributed by atoms with Gasteiger partial charge in [-0.15, -0.1) is 0 Å². The molecule has 0 fully saturated rings. The Morgan fingerprint density at radius 1 is 1.32 bits per heavy atom. The molecule has 0 radical (unpaired) electrons. The van der Waals surface area contributed by atoms with Crippen LogP contribution in [0.3, 0.4) is 0 Å². The second kappa shape index (κ2) is 6.96. The average molecular weight is 319 g/mol. The maximum atomic E-state index is 12.3. The topological polar surface area (TPSA) is 64.0 Å². The van der Waals surface area contributed by atoms with Crippen LogP contribution in [0.25, 0.3) is 10.9 Å². The Morgan fingerprint density at radius 3 is 2.68 bits per heavy atom. The summed E-state index contributed by atoms with van der Waals surface area (Å²) in [6.45, 7) is 6.56. The normalized spacial score (nSPS) is 12.6. The van der Waals surface area contributed by atoms with Gasteiger partial charge in [-0.1, -0.05) is 37.7 Å². The highest BCUT2D eigenvalue weighted by Gasteiger charge is 2.18. The number of hydrogen-bond acceptors (Lipinski definition) is 4. The molecule has 2 aromatic rings. The van der Waals surface area contributed by atoms with Gasteiger partial charge in [0.1, 0.15) is 0 Å². The molecular formula is C16H21N3O2S. The SMILES string of the molecule is CC(C)CNC(=O)C(C)Sc1nc2ccccc2c(=O)n1C. The number of carbonyl (C=O) groups is 1. The minimum atomic E-state index is -0.307. The van der Waals surface area contributed by atoms with E-state index in [0.29, 0.717) is 28.5 Å². The van der Waals surface area contributed by atoms with E-state index < -0.39 is 0 Å². The summed E-state index contributed by atoms with van der Waals surface area (Å²) in [6.07, 6.45) is 0. The van der Waals surface area contributed by atoms with Crippen molar-refractivity contribution in [2.24, 2.45) is 13.0 Å². The van der Waals surface area contributed by atoms with Gasteiger partial charge in [0.2, 0.25) is 5.91 Å². The Morgan fingerprint density at radius 2 is 2.00 bits per heavy atom. The van der Waals surface area contributed by atoms with Crippen molar-refractivity contribution in [2.75, 3.05) is 6.54 Å². The fraction of sp³-hybridized carbons (Fsp3) is 0.438. The lowest BCUT2D eigenvalue weighted by Crippen LogP contribution is -2.34. The number of rotatable bonds is 5. The molecule has 1 heterocycles. The molecule has 5 nitrogen and oxygen atoms in total. The molecule has 0 spiro atoms. The largest absolute Gasteiger partial charge is 0.355 e. The van der Waals surface area contributed by atoms with E-state index in [4.69, 9.17) is 0 Å². The van der Waals surface area contributed by atoms with E-state index in [1.807, 2.05) is 39.0 Å². The third-order valence-corrected chi connectivity index (χ3v) is 4.42. The fourth-order valence-electron chi connectivity index (χ4n) is 1.96. The zero-order chi connectivity index (χ0) is 16.3. The lowest BCUT2D eigenvalue weighted by Gasteiger charge is -2.14. The molecule has 0 aliphatic carbocycles. The summed E-state index contributed by atoms with van der Waals surface area (Å²) in [5, 5.41) is 3.73. The maximum Gasteiger partial charge on any atom is 0.261 e. The summed E-state index contributed by atoms with van der Waals surface area (Å²) < 4.78 is 1.50. The van der Waals surface area contributed by atoms with Crippen molar-refractivity contribution in [1.29, 1.82) is 0 Å². The summed E-state index contributed by atoms with van der Waals surface area (Å²) in [5.41, 5.74) is 0.561. The molecule has 1 amide bonds. The van der Waals surface area contributed by atoms with Gasteiger partial charge in [-0.05, 0) is 25.0 Å². The quantitative estimate of drug-likeness (QED) is 0.678. The van der Waals surface area contributed by atoms with Crippen LogP contribution in [0.1, 0.15) is 20.8 Å². The van der Waals surface area contributed by atoms with E-state index in [-0.39, 0.29) is 16.7 Å². The van der Waals surface area contributed by atoms with Gasteiger partial charge in [0.15, 0.2) is 5.16 Å². The number of carbonyl (C=O) groups excluding carboxylic acids is 1. The highest BCUT2D eigenvalue weighted by molar-refractivity contribution is 8.00. The van der Waals surface area contributed by atoms with E-state index in [1.54, 1.807) is 13.1 Å². The number of nitrogens with zero attached hydrogens (tertiary/aromatic N) is 2. The Bertz CT molecular complexity index is 740. The van der Waals surface area contributed by atoms with Crippen LogP contribution in [0.4, 0.5) is 0 Å². The molecule has 118 valence electrons. The van der Waals surface area contributed by atoms with E-state index in [9.17, 15) is 9.59 Å². The van der Waals surface area contributed by atoms with Crippen LogP contribution < -0.4 is 10.9 Å². The van der Waals surface area contributed by atoms with Gasteiger partial charge in [0, 0.05) is 13.6 Å². The molecule has 0 saturated carbocycles. The van der Waals surface area contributed by atoms with Crippen molar-refractivity contribution >= 4 is 28.6 Å². The van der Waals surface area contributed by atoms with Crippen LogP contribution in [0.2, 0.25) is 0 Å². The smallest absolute Gasteiger partial charge is 0.261 e. The number of fused-ring (bicyclic) bond motifs is 1. The van der Waals surface area contributed by atoms with E-state index in [2.05, 4.69) is 10.3 Å². The molecule has 22 heavy (non-hydrogen) atoms. The van der Waals surface area contributed by atoms with Gasteiger partial charge in [0.25, 0.3) is 5.56 Å². The second-order valence-electron chi connectivity index (χ2n) is 5.67. The number of para-hydroxylation sites is 1. The van der Waals surface area contributed by atoms with Crippen LogP contribution in [-0.4, -0.2) is 27.3 Å². The second-order valence-corrected chi connectivity index (χ2v) is 6.98. The molecule has 1 aromatic carbocycles. The van der Waals surface area contributed by atoms with Gasteiger partial charge in [-0.3, -0.25) is 14.2 Å². The first-order valence-electron chi connectivity index (χ1n) is 7.30. The molecule has 1 unspecified atom stereocenters. The van der Waals surface area contributed by atoms with Gasteiger partial charge in [-0.2, -0.15) is 0 Å². The minimum Gasteiger partial charge on any atom is -0.355 e. The van der Waals surface area contributed by atoms with Crippen molar-refractivity contribution in [3.8, 4) is 0 Å². The molecule has 2 rings (SSSR count). The molecule has 0 saturated heterocycles. The number of amides is 1. The Balaban J connectivity index is 2.22. The predicted octanol–water partition coefficient (Wildman–Crippen LogP) is 2.19. The van der Waals surface area contributed by atoms with Crippen molar-refractivity contribution in [3.05, 3.63) is 34.6 Å². The first-order valence-corrected chi connectivity index (χ1v) is 8.18. The molecule has 1 aromatic heterocycles. The average Bonchev–Trinajstić information content (AvgIpc) is 2.49. The molecular weight excluding hydrogens is 298 g/mol. The highest BCUT2D eigenvalue weighted by Crippen LogP contribution is 2.21. The number of benzene rings is 1. The van der Waals surface area contributed by atoms with Crippen LogP contribution in [0, 0.1) is 5.92 Å². The third kappa shape index (κ3) is 3.68. The number of hydrogen-bond donors (Lipinski definition) is 1. The lowest BCUT2D eigenvalue weighted by atomic mass is 10.2. The molecule has 0 aliphatic rings. The lowest BCUT2D eigenvalue weighted by molar-refractivity contribution is -0.120. The molecule has 0 aliphatic heterocycles. The fourth-order valence-corrected chi connectivity index (χ4v) is 2.86. The zero-order valence-corrected chi connectivity index (χ0v) is 14.1. The molecule has 1 N–H and O–H groups in total. The molecule has 0 bridgehead atoms. The standard InChI is InChI=1S/C16H21N3O2S/c1-10(2)9-17-14(20)11(3)22-16-18-13-8-6-5-7-12(13)15(21)19(16)4/h5-8,10-11H,9H2,1-4H3,(H,17,20). The van der Waals surface area contributed by atoms with Gasteiger partial charge < -0.3 is 5.32 Å². The summed E-state index contributed by atoms with van der Waals surface area (Å²) in [6, 6.07) is 7.24. The van der Waals surface area contributed by atoms with Crippen LogP contribution >= 0.6 is 11.8 Å². The van der Waals surface area contributed by atoms with E-state index in [1.165, 1.54) is 16.3 Å². The number of thioether (sulfide) groups is 1. The van der Waals surface area contributed by atoms with Crippen molar-refractivity contribution in [1.82, 2.24) is 14.9 Å². The maximum absolute atomic E-state index is 12.3. The summed E-state index contributed by atoms with van der Waals surface area (Å²) in [7, 11) is 1.68. The van der Waals surface area contributed by atoms with E-state index in [0.717, 1.165) is 0 Å². The van der Waals surface area contributed by atoms with Crippen LogP contribution in [0.15, 0.2) is 34.2 Å². The van der Waals surface area contributed by atoms with Crippen LogP contribution in [0.5, 0.6) is 0 Å². The van der Waals surface area contributed by atoms with Gasteiger partial charge >= 0.3 is 0 Å². The van der Waals surface area contributed by atoms with Crippen molar-refractivity contribution in [3.63, 3.8) is 0 Å². The number of nitrogens with one attached hydrogen (secondary N) is 1. The van der Waals surface area contributed by atoms with Gasteiger partial charge in [0.05, 0.1) is 16.2 Å². The molecule has 6 heteroatoms. The Labute approximate surface area is 134 Å². The van der Waals surface area contributed by atoms with Crippen LogP contribution in [-0.2, 0) is 11.8 Å². The number of aromatic nitrogens is 2. The Kier molecular flexibility index (Phi) is 5.24. The molecule has 1 atom stereocenters. The van der Waals surface area contributed by atoms with Gasteiger partial charge in [-0.25, -0.2) is 4.98 Å². The first kappa shape index (κ1) is 16.5. The van der Waals surface area contributed by atoms with Crippen molar-refractivity contribution in [2.45, 2.75) is 31.2 Å². The Hall–Kier alpha value is -1.82. The third-order valence-electron chi connectivity index (χ3n) is 3.28. The predicted molar refractivity (Wildman–Crippen MR) is 90.2 cm³/mol. The highest BCUT2D eigenvalue weighted by atomic mass is 32.2. The summed E-state index contributed by atoms with van der Waals surface area (Å²) in [5.74, 6) is 0.366. The summed E-state index contributed by atoms with van der Waals surface area (Å²) in [4.78, 5) is 28.9. The summed E-state index contributed by atoms with van der Waals surface area (Å²) >= 11 is 1.30. The zero-order valence-electron chi connectivity index (χ0n) is 13.3. The van der Waals surface area contributed by atoms with Crippen molar-refractivity contribution < 1.29 is 4.79 Å². The monoisotopic (exact) mass is 319 g/mol. The van der Waals surface area contributed by atoms with E-state index >= 15 is 0 Å². The minimum absolute atomic E-state index is 0.0406. The first-order chi connectivity index (χ1) is 10.4.